The molecule has 1 saturated heterocycles. The van der Waals surface area contributed by atoms with Crippen LogP contribution in [0.1, 0.15) is 38.1 Å². The van der Waals surface area contributed by atoms with E-state index in [9.17, 15) is 18.4 Å². The van der Waals surface area contributed by atoms with Crippen LogP contribution in [-0.4, -0.2) is 28.1 Å². The monoisotopic (exact) mass is 374 g/mol. The van der Waals surface area contributed by atoms with Crippen LogP contribution in [0.5, 0.6) is 0 Å². The Balaban J connectivity index is 1.45. The predicted octanol–water partition coefficient (Wildman–Crippen LogP) is 3.27. The van der Waals surface area contributed by atoms with Crippen molar-refractivity contribution < 1.29 is 18.4 Å². The number of anilines is 2. The van der Waals surface area contributed by atoms with Crippen LogP contribution in [-0.2, 0) is 9.59 Å². The molecule has 1 aromatic heterocycles. The van der Waals surface area contributed by atoms with E-state index in [1.807, 2.05) is 4.68 Å². The Hall–Kier alpha value is -2.77. The van der Waals surface area contributed by atoms with Crippen LogP contribution in [0.4, 0.5) is 20.3 Å². The van der Waals surface area contributed by atoms with Gasteiger partial charge in [-0.25, -0.2) is 13.5 Å². The highest BCUT2D eigenvalue weighted by molar-refractivity contribution is 6.03. The van der Waals surface area contributed by atoms with Crippen molar-refractivity contribution in [2.24, 2.45) is 5.92 Å². The summed E-state index contributed by atoms with van der Waals surface area (Å²) in [5.41, 5.74) is 0.255. The molecule has 6 nitrogen and oxygen atoms in total. The number of aromatic nitrogens is 2. The third-order valence-electron chi connectivity index (χ3n) is 5.30. The lowest BCUT2D eigenvalue weighted by atomic mass is 10.1. The molecule has 4 rings (SSSR count). The molecule has 27 heavy (non-hydrogen) atoms. The predicted molar refractivity (Wildman–Crippen MR) is 95.2 cm³/mol. The normalized spacial score (nSPS) is 20.4. The zero-order valence-electron chi connectivity index (χ0n) is 14.7. The largest absolute Gasteiger partial charge is 0.311 e. The molecule has 2 aliphatic rings. The Kier molecular flexibility index (Phi) is 4.63. The van der Waals surface area contributed by atoms with Crippen LogP contribution in [0, 0.1) is 17.6 Å². The molecule has 2 fully saturated rings. The number of nitrogens with zero attached hydrogens (tertiary/aromatic N) is 3. The Morgan fingerprint density at radius 3 is 2.67 bits per heavy atom. The minimum Gasteiger partial charge on any atom is -0.311 e. The lowest BCUT2D eigenvalue weighted by Gasteiger charge is -2.18. The summed E-state index contributed by atoms with van der Waals surface area (Å²) in [5, 5.41) is 7.19. The third kappa shape index (κ3) is 3.43. The molecular weight excluding hydrogens is 354 g/mol. The average Bonchev–Trinajstić information content (AvgIpc) is 3.37. The van der Waals surface area contributed by atoms with Gasteiger partial charge in [-0.3, -0.25) is 9.59 Å². The summed E-state index contributed by atoms with van der Waals surface area (Å²) in [6, 6.07) is 5.33. The number of hydrogen-bond donors (Lipinski definition) is 1. The van der Waals surface area contributed by atoms with Crippen molar-refractivity contribution in [1.29, 1.82) is 0 Å². The number of hydrogen-bond acceptors (Lipinski definition) is 3. The summed E-state index contributed by atoms with van der Waals surface area (Å²) in [5.74, 6) is -2.48. The summed E-state index contributed by atoms with van der Waals surface area (Å²) < 4.78 is 28.4. The summed E-state index contributed by atoms with van der Waals surface area (Å²) in [6.45, 7) is 0.132. The van der Waals surface area contributed by atoms with Crippen molar-refractivity contribution in [1.82, 2.24) is 9.78 Å². The number of carbonyl (C=O) groups excluding carboxylic acids is 2. The van der Waals surface area contributed by atoms with Gasteiger partial charge in [-0.1, -0.05) is 12.8 Å². The second-order valence-corrected chi connectivity index (χ2v) is 7.09. The smallest absolute Gasteiger partial charge is 0.230 e. The van der Waals surface area contributed by atoms with Crippen molar-refractivity contribution in [3.63, 3.8) is 0 Å². The summed E-state index contributed by atoms with van der Waals surface area (Å²) in [7, 11) is 0. The second kappa shape index (κ2) is 7.09. The van der Waals surface area contributed by atoms with Gasteiger partial charge in [0.1, 0.15) is 5.82 Å². The lowest BCUT2D eigenvalue weighted by Crippen LogP contribution is -2.29. The van der Waals surface area contributed by atoms with Crippen molar-refractivity contribution in [2.45, 2.75) is 38.1 Å². The van der Waals surface area contributed by atoms with Gasteiger partial charge >= 0.3 is 0 Å². The van der Waals surface area contributed by atoms with Crippen molar-refractivity contribution in [2.75, 3.05) is 16.8 Å². The van der Waals surface area contributed by atoms with Crippen molar-refractivity contribution in [3.05, 3.63) is 42.1 Å². The summed E-state index contributed by atoms with van der Waals surface area (Å²) in [4.78, 5) is 26.3. The Morgan fingerprint density at radius 1 is 1.15 bits per heavy atom. The zero-order valence-corrected chi connectivity index (χ0v) is 14.7. The van der Waals surface area contributed by atoms with E-state index >= 15 is 0 Å². The van der Waals surface area contributed by atoms with Gasteiger partial charge in [0, 0.05) is 30.8 Å². The maximum Gasteiger partial charge on any atom is 0.230 e. The molecular formula is C19H20F2N4O2. The quantitative estimate of drug-likeness (QED) is 0.893. The first-order chi connectivity index (χ1) is 13.0. The van der Waals surface area contributed by atoms with Gasteiger partial charge in [0.25, 0.3) is 0 Å². The molecule has 0 spiro atoms. The Labute approximate surface area is 155 Å². The molecule has 2 heterocycles. The minimum absolute atomic E-state index is 0.0302. The fourth-order valence-corrected chi connectivity index (χ4v) is 3.87. The summed E-state index contributed by atoms with van der Waals surface area (Å²) >= 11 is 0. The van der Waals surface area contributed by atoms with E-state index in [4.69, 9.17) is 0 Å². The molecule has 142 valence electrons. The van der Waals surface area contributed by atoms with Crippen LogP contribution in [0.2, 0.25) is 0 Å². The molecule has 1 N–H and O–H groups in total. The van der Waals surface area contributed by atoms with E-state index in [0.717, 1.165) is 37.8 Å². The molecule has 0 bridgehead atoms. The Bertz CT molecular complexity index is 876. The van der Waals surface area contributed by atoms with Gasteiger partial charge in [-0.15, -0.1) is 0 Å². The van der Waals surface area contributed by atoms with E-state index in [0.29, 0.717) is 11.9 Å². The van der Waals surface area contributed by atoms with Crippen LogP contribution < -0.4 is 10.2 Å². The van der Waals surface area contributed by atoms with Gasteiger partial charge in [0.05, 0.1) is 18.2 Å². The van der Waals surface area contributed by atoms with Crippen molar-refractivity contribution in [3.8, 4) is 0 Å². The molecule has 2 aromatic rings. The maximum absolute atomic E-state index is 13.5. The number of benzene rings is 1. The number of rotatable bonds is 4. The van der Waals surface area contributed by atoms with E-state index in [2.05, 4.69) is 10.4 Å². The zero-order chi connectivity index (χ0) is 19.0. The van der Waals surface area contributed by atoms with Gasteiger partial charge in [-0.2, -0.15) is 5.10 Å². The van der Waals surface area contributed by atoms with Crippen LogP contribution in [0.25, 0.3) is 0 Å². The molecule has 1 aliphatic heterocycles. The first-order valence-electron chi connectivity index (χ1n) is 9.12. The highest BCUT2D eigenvalue weighted by Crippen LogP contribution is 2.32. The molecule has 1 aliphatic carbocycles. The van der Waals surface area contributed by atoms with Crippen molar-refractivity contribution >= 4 is 23.3 Å². The topological polar surface area (TPSA) is 67.2 Å². The molecule has 1 unspecified atom stereocenters. The molecule has 0 radical (unpaired) electrons. The average molecular weight is 374 g/mol. The van der Waals surface area contributed by atoms with Crippen LogP contribution in [0.3, 0.4) is 0 Å². The number of carbonyl (C=O) groups is 2. The van der Waals surface area contributed by atoms with Gasteiger partial charge in [0.2, 0.25) is 11.8 Å². The standard InChI is InChI=1S/C19H20F2N4O2/c20-15-6-5-14(10-16(15)21)24-11-12(9-18(24)26)19(27)23-17-7-8-22-25(17)13-3-1-2-4-13/h5-8,10,12-13H,1-4,9,11H2,(H,23,27). The summed E-state index contributed by atoms with van der Waals surface area (Å²) in [6.07, 6.45) is 6.06. The SMILES string of the molecule is O=C(Nc1ccnn1C1CCCC1)C1CC(=O)N(c2ccc(F)c(F)c2)C1. The Morgan fingerprint density at radius 2 is 1.93 bits per heavy atom. The number of nitrogens with one attached hydrogen (secondary N) is 1. The fourth-order valence-electron chi connectivity index (χ4n) is 3.87. The highest BCUT2D eigenvalue weighted by atomic mass is 19.2. The van der Waals surface area contributed by atoms with E-state index in [-0.39, 0.29) is 30.5 Å². The van der Waals surface area contributed by atoms with E-state index < -0.39 is 17.6 Å². The van der Waals surface area contributed by atoms with Gasteiger partial charge < -0.3 is 10.2 Å². The molecule has 1 atom stereocenters. The molecule has 1 saturated carbocycles. The first-order valence-corrected chi connectivity index (χ1v) is 9.12. The number of halogens is 2. The lowest BCUT2D eigenvalue weighted by molar-refractivity contribution is -0.122. The molecule has 2 amide bonds. The molecule has 1 aromatic carbocycles. The third-order valence-corrected chi connectivity index (χ3v) is 5.30. The van der Waals surface area contributed by atoms with Gasteiger partial charge in [-0.05, 0) is 25.0 Å². The maximum atomic E-state index is 13.5. The van der Waals surface area contributed by atoms with Crippen LogP contribution in [0.15, 0.2) is 30.5 Å². The van der Waals surface area contributed by atoms with E-state index in [1.165, 1.54) is 11.0 Å². The fraction of sp³-hybridized carbons (Fsp3) is 0.421. The molecule has 8 heteroatoms. The van der Waals surface area contributed by atoms with E-state index in [1.54, 1.807) is 12.3 Å². The highest BCUT2D eigenvalue weighted by Gasteiger charge is 2.36. The minimum atomic E-state index is -1.02. The van der Waals surface area contributed by atoms with Crippen LogP contribution >= 0.6 is 0 Å². The first kappa shape index (κ1) is 17.6. The second-order valence-electron chi connectivity index (χ2n) is 7.09. The number of amides is 2. The van der Waals surface area contributed by atoms with Gasteiger partial charge in [0.15, 0.2) is 11.6 Å².